The van der Waals surface area contributed by atoms with Crippen LogP contribution in [-0.2, 0) is 11.3 Å². The number of nitrogens with two attached hydrogens (primary N) is 1. The standard InChI is InChI=1S/C19H14BrClFNO4S/c1-2-26-19(25)17-10(15-12(21)4-3-5-14(15)28-17)8-27-16-11(20)6-9(18(23)24)7-13(16)22/h3-7H,2,8H2,1H3,(H2,23,24). The van der Waals surface area contributed by atoms with Crippen LogP contribution in [-0.4, -0.2) is 18.5 Å². The quantitative estimate of drug-likeness (QED) is 0.479. The Hall–Kier alpha value is -2.16. The van der Waals surface area contributed by atoms with Gasteiger partial charge < -0.3 is 15.2 Å². The predicted octanol–water partition coefficient (Wildman–Crippen LogP) is 5.31. The van der Waals surface area contributed by atoms with Crippen molar-refractivity contribution >= 4 is 60.8 Å². The van der Waals surface area contributed by atoms with Crippen molar-refractivity contribution in [3.05, 3.63) is 61.6 Å². The summed E-state index contributed by atoms with van der Waals surface area (Å²) in [5, 5.41) is 1.11. The van der Waals surface area contributed by atoms with E-state index < -0.39 is 17.7 Å². The van der Waals surface area contributed by atoms with E-state index in [0.29, 0.717) is 20.8 Å². The SMILES string of the molecule is CCOC(=O)c1sc2cccc(Cl)c2c1COc1c(F)cc(C(N)=O)cc1Br. The van der Waals surface area contributed by atoms with Crippen LogP contribution in [0.4, 0.5) is 4.39 Å². The van der Waals surface area contributed by atoms with Crippen LogP contribution in [0.5, 0.6) is 5.75 Å². The lowest BCUT2D eigenvalue weighted by Gasteiger charge is -2.11. The molecule has 9 heteroatoms. The zero-order valence-corrected chi connectivity index (χ0v) is 17.7. The van der Waals surface area contributed by atoms with Gasteiger partial charge in [0.1, 0.15) is 11.5 Å². The molecule has 0 aliphatic carbocycles. The van der Waals surface area contributed by atoms with Crippen molar-refractivity contribution < 1.29 is 23.5 Å². The number of halogens is 3. The fourth-order valence-corrected chi connectivity index (χ4v) is 4.67. The van der Waals surface area contributed by atoms with Crippen LogP contribution in [0.15, 0.2) is 34.8 Å². The smallest absolute Gasteiger partial charge is 0.348 e. The Morgan fingerprint density at radius 3 is 2.71 bits per heavy atom. The first-order valence-corrected chi connectivity index (χ1v) is 10.1. The Balaban J connectivity index is 2.02. The molecule has 5 nitrogen and oxygen atoms in total. The minimum absolute atomic E-state index is 0.00738. The van der Waals surface area contributed by atoms with Gasteiger partial charge in [-0.05, 0) is 47.1 Å². The van der Waals surface area contributed by atoms with Crippen molar-refractivity contribution in [1.82, 2.24) is 0 Å². The summed E-state index contributed by atoms with van der Waals surface area (Å²) in [5.74, 6) is -2.12. The predicted molar refractivity (Wildman–Crippen MR) is 110 cm³/mol. The molecule has 0 fully saturated rings. The van der Waals surface area contributed by atoms with E-state index >= 15 is 0 Å². The van der Waals surface area contributed by atoms with Gasteiger partial charge in [-0.1, -0.05) is 17.7 Å². The monoisotopic (exact) mass is 485 g/mol. The molecule has 0 unspecified atom stereocenters. The topological polar surface area (TPSA) is 78.6 Å². The largest absolute Gasteiger partial charge is 0.485 e. The van der Waals surface area contributed by atoms with Crippen molar-refractivity contribution in [2.24, 2.45) is 5.73 Å². The zero-order valence-electron chi connectivity index (χ0n) is 14.6. The normalized spacial score (nSPS) is 10.9. The summed E-state index contributed by atoms with van der Waals surface area (Å²) in [5.41, 5.74) is 5.70. The summed E-state index contributed by atoms with van der Waals surface area (Å²) in [6.07, 6.45) is 0. The van der Waals surface area contributed by atoms with Crippen LogP contribution in [0.2, 0.25) is 5.02 Å². The molecular weight excluding hydrogens is 473 g/mol. The van der Waals surface area contributed by atoms with Crippen molar-refractivity contribution in [2.45, 2.75) is 13.5 Å². The van der Waals surface area contributed by atoms with Gasteiger partial charge in [-0.2, -0.15) is 0 Å². The molecule has 0 radical (unpaired) electrons. The number of benzene rings is 2. The van der Waals surface area contributed by atoms with Crippen molar-refractivity contribution in [2.75, 3.05) is 6.61 Å². The number of primary amides is 1. The number of rotatable bonds is 6. The fourth-order valence-electron chi connectivity index (χ4n) is 2.65. The molecule has 1 amide bonds. The molecule has 1 aromatic heterocycles. The third kappa shape index (κ3) is 3.99. The third-order valence-electron chi connectivity index (χ3n) is 3.87. The summed E-state index contributed by atoms with van der Waals surface area (Å²) in [6, 6.07) is 7.67. The molecule has 3 aromatic rings. The number of ether oxygens (including phenoxy) is 2. The lowest BCUT2D eigenvalue weighted by atomic mass is 10.1. The van der Waals surface area contributed by atoms with Crippen molar-refractivity contribution in [1.29, 1.82) is 0 Å². The minimum atomic E-state index is -0.758. The van der Waals surface area contributed by atoms with Gasteiger partial charge in [-0.15, -0.1) is 11.3 Å². The molecular formula is C19H14BrClFNO4S. The Morgan fingerprint density at radius 1 is 1.32 bits per heavy atom. The summed E-state index contributed by atoms with van der Waals surface area (Å²) < 4.78 is 26.2. The highest BCUT2D eigenvalue weighted by Crippen LogP contribution is 2.38. The Bertz CT molecular complexity index is 1060. The van der Waals surface area contributed by atoms with Gasteiger partial charge in [0.25, 0.3) is 0 Å². The number of carbonyl (C=O) groups is 2. The molecule has 0 aliphatic rings. The first-order valence-electron chi connectivity index (χ1n) is 8.12. The summed E-state index contributed by atoms with van der Waals surface area (Å²) in [6.45, 7) is 1.81. The Kier molecular flexibility index (Phi) is 6.22. The van der Waals surface area contributed by atoms with Gasteiger partial charge in [-0.3, -0.25) is 4.79 Å². The number of hydrogen-bond donors (Lipinski definition) is 1. The maximum atomic E-state index is 14.4. The van der Waals surface area contributed by atoms with Gasteiger partial charge in [0.15, 0.2) is 11.6 Å². The van der Waals surface area contributed by atoms with Crippen LogP contribution in [0.1, 0.15) is 32.5 Å². The molecule has 1 heterocycles. The third-order valence-corrected chi connectivity index (χ3v) is 5.95. The van der Waals surface area contributed by atoms with E-state index in [1.54, 1.807) is 19.1 Å². The van der Waals surface area contributed by atoms with Crippen LogP contribution in [0.25, 0.3) is 10.1 Å². The molecule has 2 N–H and O–H groups in total. The van der Waals surface area contributed by atoms with E-state index in [9.17, 15) is 14.0 Å². The van der Waals surface area contributed by atoms with Gasteiger partial charge in [0.2, 0.25) is 5.91 Å². The molecule has 146 valence electrons. The van der Waals surface area contributed by atoms with Gasteiger partial charge in [-0.25, -0.2) is 9.18 Å². The first-order chi connectivity index (χ1) is 13.3. The lowest BCUT2D eigenvalue weighted by Crippen LogP contribution is -2.12. The van der Waals surface area contributed by atoms with Crippen LogP contribution in [0, 0.1) is 5.82 Å². The maximum absolute atomic E-state index is 14.4. The molecule has 3 rings (SSSR count). The molecule has 28 heavy (non-hydrogen) atoms. The van der Waals surface area contributed by atoms with Crippen LogP contribution < -0.4 is 10.5 Å². The van der Waals surface area contributed by atoms with E-state index in [-0.39, 0.29) is 29.0 Å². The van der Waals surface area contributed by atoms with E-state index in [1.807, 2.05) is 6.07 Å². The average molecular weight is 487 g/mol. The fraction of sp³-hybridized carbons (Fsp3) is 0.158. The maximum Gasteiger partial charge on any atom is 0.348 e. The number of hydrogen-bond acceptors (Lipinski definition) is 5. The van der Waals surface area contributed by atoms with Crippen LogP contribution >= 0.6 is 38.9 Å². The number of esters is 1. The summed E-state index contributed by atoms with van der Waals surface area (Å²) >= 11 is 10.7. The van der Waals surface area contributed by atoms with Crippen molar-refractivity contribution in [3.63, 3.8) is 0 Å². The molecule has 2 aromatic carbocycles. The van der Waals surface area contributed by atoms with E-state index in [4.69, 9.17) is 26.8 Å². The Morgan fingerprint density at radius 2 is 2.07 bits per heavy atom. The molecule has 0 saturated heterocycles. The summed E-state index contributed by atoms with van der Waals surface area (Å²) in [4.78, 5) is 24.0. The summed E-state index contributed by atoms with van der Waals surface area (Å²) in [7, 11) is 0. The molecule has 0 bridgehead atoms. The number of fused-ring (bicyclic) bond motifs is 1. The second-order valence-corrected chi connectivity index (χ2v) is 7.98. The number of carbonyl (C=O) groups excluding carboxylic acids is 2. The van der Waals surface area contributed by atoms with Gasteiger partial charge in [0, 0.05) is 26.2 Å². The zero-order chi connectivity index (χ0) is 20.4. The van der Waals surface area contributed by atoms with Gasteiger partial charge in [0.05, 0.1) is 11.1 Å². The highest BCUT2D eigenvalue weighted by Gasteiger charge is 2.23. The highest BCUT2D eigenvalue weighted by molar-refractivity contribution is 9.10. The van der Waals surface area contributed by atoms with Crippen LogP contribution in [0.3, 0.4) is 0 Å². The first kappa shape index (κ1) is 20.6. The second-order valence-electron chi connectivity index (χ2n) is 5.67. The van der Waals surface area contributed by atoms with E-state index in [0.717, 1.165) is 10.8 Å². The number of thiophene rings is 1. The van der Waals surface area contributed by atoms with E-state index in [2.05, 4.69) is 15.9 Å². The van der Waals surface area contributed by atoms with Gasteiger partial charge >= 0.3 is 5.97 Å². The molecule has 0 spiro atoms. The molecule has 0 aliphatic heterocycles. The van der Waals surface area contributed by atoms with E-state index in [1.165, 1.54) is 17.4 Å². The second kappa shape index (κ2) is 8.46. The molecule has 0 atom stereocenters. The minimum Gasteiger partial charge on any atom is -0.485 e. The average Bonchev–Trinajstić information content (AvgIpc) is 3.01. The highest BCUT2D eigenvalue weighted by atomic mass is 79.9. The molecule has 0 saturated carbocycles. The number of amides is 1. The Labute approximate surface area is 177 Å². The van der Waals surface area contributed by atoms with Crippen molar-refractivity contribution in [3.8, 4) is 5.75 Å². The lowest BCUT2D eigenvalue weighted by molar-refractivity contribution is 0.0529.